The van der Waals surface area contributed by atoms with Crippen LogP contribution in [0.25, 0.3) is 0 Å². The molecule has 0 aliphatic carbocycles. The van der Waals surface area contributed by atoms with E-state index in [9.17, 15) is 19.2 Å². The molecule has 0 aromatic heterocycles. The van der Waals surface area contributed by atoms with Crippen LogP contribution in [-0.4, -0.2) is 57.8 Å². The van der Waals surface area contributed by atoms with E-state index in [1.54, 1.807) is 6.92 Å². The van der Waals surface area contributed by atoms with Gasteiger partial charge in [0.1, 0.15) is 5.25 Å². The third-order valence-corrected chi connectivity index (χ3v) is 4.59. The van der Waals surface area contributed by atoms with Crippen molar-refractivity contribution in [2.45, 2.75) is 31.1 Å². The molecule has 3 amide bonds. The molecule has 0 aromatic rings. The summed E-state index contributed by atoms with van der Waals surface area (Å²) >= 11 is 0.932. The molecule has 2 saturated heterocycles. The van der Waals surface area contributed by atoms with Crippen LogP contribution in [0, 0.1) is 0 Å². The van der Waals surface area contributed by atoms with Crippen molar-refractivity contribution in [3.8, 4) is 0 Å². The predicted octanol–water partition coefficient (Wildman–Crippen LogP) is 0.112. The standard InChI is InChI=1S/C13H16N2O5S/c1-7(2)11(13(19)20-3)14-6-8(12(14)18)21-15-9(16)4-5-10(15)17/h8,11H,1,4-6H2,2-3H3/t8-,11?/m1/s1. The number of carbonyl (C=O) groups excluding carboxylic acids is 4. The Morgan fingerprint density at radius 3 is 2.33 bits per heavy atom. The molecule has 1 unspecified atom stereocenters. The Morgan fingerprint density at radius 1 is 1.33 bits per heavy atom. The van der Waals surface area contributed by atoms with Gasteiger partial charge in [-0.3, -0.25) is 14.4 Å². The number of carbonyl (C=O) groups is 4. The van der Waals surface area contributed by atoms with E-state index in [1.807, 2.05) is 0 Å². The van der Waals surface area contributed by atoms with Crippen molar-refractivity contribution in [3.05, 3.63) is 12.2 Å². The summed E-state index contributed by atoms with van der Waals surface area (Å²) in [5.41, 5.74) is 0.506. The highest BCUT2D eigenvalue weighted by atomic mass is 32.2. The Morgan fingerprint density at radius 2 is 1.90 bits per heavy atom. The lowest BCUT2D eigenvalue weighted by molar-refractivity contribution is -0.155. The first-order chi connectivity index (χ1) is 9.86. The number of hydrogen-bond donors (Lipinski definition) is 0. The molecule has 2 heterocycles. The summed E-state index contributed by atoms with van der Waals surface area (Å²) in [4.78, 5) is 48.2. The number of hydrogen-bond acceptors (Lipinski definition) is 6. The molecule has 0 saturated carbocycles. The van der Waals surface area contributed by atoms with Crippen LogP contribution in [0.2, 0.25) is 0 Å². The Kier molecular flexibility index (Phi) is 4.36. The first kappa shape index (κ1) is 15.6. The van der Waals surface area contributed by atoms with E-state index < -0.39 is 17.3 Å². The van der Waals surface area contributed by atoms with Crippen molar-refractivity contribution in [2.75, 3.05) is 13.7 Å². The quantitative estimate of drug-likeness (QED) is 0.236. The lowest BCUT2D eigenvalue weighted by Gasteiger charge is -2.42. The lowest BCUT2D eigenvalue weighted by atomic mass is 10.0. The average Bonchev–Trinajstić information content (AvgIpc) is 2.75. The molecular weight excluding hydrogens is 296 g/mol. The summed E-state index contributed by atoms with van der Waals surface area (Å²) in [6.45, 7) is 5.61. The van der Waals surface area contributed by atoms with Crippen molar-refractivity contribution >= 4 is 35.6 Å². The predicted molar refractivity (Wildman–Crippen MR) is 74.8 cm³/mol. The number of likely N-dealkylation sites (tertiary alicyclic amines) is 1. The smallest absolute Gasteiger partial charge is 0.332 e. The second-order valence-corrected chi connectivity index (χ2v) is 6.08. The van der Waals surface area contributed by atoms with Gasteiger partial charge in [0.2, 0.25) is 17.7 Å². The largest absolute Gasteiger partial charge is 0.467 e. The van der Waals surface area contributed by atoms with Crippen LogP contribution in [0.15, 0.2) is 12.2 Å². The minimum atomic E-state index is -0.815. The zero-order valence-electron chi connectivity index (χ0n) is 11.8. The summed E-state index contributed by atoms with van der Waals surface area (Å²) in [7, 11) is 1.25. The Labute approximate surface area is 126 Å². The Bertz CT molecular complexity index is 517. The molecule has 0 bridgehead atoms. The lowest BCUT2D eigenvalue weighted by Crippen LogP contribution is -2.62. The monoisotopic (exact) mass is 312 g/mol. The van der Waals surface area contributed by atoms with Crippen LogP contribution in [0.4, 0.5) is 0 Å². The van der Waals surface area contributed by atoms with Gasteiger partial charge in [0.05, 0.1) is 7.11 Å². The summed E-state index contributed by atoms with van der Waals surface area (Å²) in [6, 6.07) is -0.815. The second kappa shape index (κ2) is 5.88. The van der Waals surface area contributed by atoms with Gasteiger partial charge in [-0.2, -0.15) is 0 Å². The summed E-state index contributed by atoms with van der Waals surface area (Å²) in [6.07, 6.45) is 0.375. The number of esters is 1. The van der Waals surface area contributed by atoms with Crippen LogP contribution >= 0.6 is 11.9 Å². The van der Waals surface area contributed by atoms with Gasteiger partial charge < -0.3 is 9.64 Å². The molecule has 8 heteroatoms. The fourth-order valence-corrected chi connectivity index (χ4v) is 3.36. The molecule has 7 nitrogen and oxygen atoms in total. The highest BCUT2D eigenvalue weighted by Crippen LogP contribution is 2.33. The van der Waals surface area contributed by atoms with E-state index in [1.165, 1.54) is 12.0 Å². The van der Waals surface area contributed by atoms with Crippen LogP contribution in [0.1, 0.15) is 19.8 Å². The van der Waals surface area contributed by atoms with Crippen LogP contribution < -0.4 is 0 Å². The number of methoxy groups -OCH3 is 1. The third-order valence-electron chi connectivity index (χ3n) is 3.36. The molecule has 2 atom stereocenters. The molecule has 2 fully saturated rings. The summed E-state index contributed by atoms with van der Waals surface area (Å²) in [5.74, 6) is -1.40. The van der Waals surface area contributed by atoms with E-state index in [2.05, 4.69) is 11.3 Å². The molecule has 0 spiro atoms. The highest BCUT2D eigenvalue weighted by molar-refractivity contribution is 7.99. The zero-order chi connectivity index (χ0) is 15.7. The molecule has 114 valence electrons. The van der Waals surface area contributed by atoms with E-state index in [0.29, 0.717) is 5.57 Å². The molecule has 2 rings (SSSR count). The van der Waals surface area contributed by atoms with E-state index in [-0.39, 0.29) is 37.1 Å². The number of imide groups is 1. The molecule has 0 radical (unpaired) electrons. The van der Waals surface area contributed by atoms with Gasteiger partial charge in [0.25, 0.3) is 0 Å². The van der Waals surface area contributed by atoms with Gasteiger partial charge in [-0.15, -0.1) is 0 Å². The molecule has 21 heavy (non-hydrogen) atoms. The van der Waals surface area contributed by atoms with E-state index >= 15 is 0 Å². The van der Waals surface area contributed by atoms with Crippen molar-refractivity contribution in [1.82, 2.24) is 9.21 Å². The SMILES string of the molecule is C=C(C)C(C(=O)OC)N1C[C@@H](SN2C(=O)CCC2=O)C1=O. The van der Waals surface area contributed by atoms with E-state index in [4.69, 9.17) is 0 Å². The van der Waals surface area contributed by atoms with Gasteiger partial charge in [-0.25, -0.2) is 9.10 Å². The summed E-state index contributed by atoms with van der Waals surface area (Å²) < 4.78 is 5.71. The molecule has 2 aliphatic rings. The average molecular weight is 312 g/mol. The minimum Gasteiger partial charge on any atom is -0.467 e. The van der Waals surface area contributed by atoms with Gasteiger partial charge in [0.15, 0.2) is 6.04 Å². The topological polar surface area (TPSA) is 84.0 Å². The number of ether oxygens (including phenoxy) is 1. The van der Waals surface area contributed by atoms with Gasteiger partial charge in [-0.05, 0) is 24.4 Å². The van der Waals surface area contributed by atoms with Gasteiger partial charge in [-0.1, -0.05) is 6.58 Å². The third kappa shape index (κ3) is 2.80. The maximum Gasteiger partial charge on any atom is 0.332 e. The number of nitrogens with zero attached hydrogens (tertiary/aromatic N) is 2. The number of amides is 3. The molecule has 2 aliphatic heterocycles. The maximum absolute atomic E-state index is 12.1. The Balaban J connectivity index is 1.99. The first-order valence-electron chi connectivity index (χ1n) is 6.43. The van der Waals surface area contributed by atoms with Crippen LogP contribution in [0.5, 0.6) is 0 Å². The van der Waals surface area contributed by atoms with Gasteiger partial charge >= 0.3 is 5.97 Å². The van der Waals surface area contributed by atoms with E-state index in [0.717, 1.165) is 16.3 Å². The number of β-lactam (4-membered cyclic amide) rings is 1. The summed E-state index contributed by atoms with van der Waals surface area (Å²) in [5, 5.41) is -0.525. The van der Waals surface area contributed by atoms with Crippen molar-refractivity contribution in [2.24, 2.45) is 0 Å². The normalized spacial score (nSPS) is 23.1. The second-order valence-electron chi connectivity index (χ2n) is 4.94. The fraction of sp³-hybridized carbons (Fsp3) is 0.538. The highest BCUT2D eigenvalue weighted by Gasteiger charge is 2.47. The van der Waals surface area contributed by atoms with Crippen LogP contribution in [0.3, 0.4) is 0 Å². The number of rotatable bonds is 5. The van der Waals surface area contributed by atoms with Crippen LogP contribution in [-0.2, 0) is 23.9 Å². The molecule has 0 aromatic carbocycles. The fourth-order valence-electron chi connectivity index (χ4n) is 2.24. The van der Waals surface area contributed by atoms with Crippen molar-refractivity contribution in [3.63, 3.8) is 0 Å². The van der Waals surface area contributed by atoms with Gasteiger partial charge in [0, 0.05) is 19.4 Å². The Hall–Kier alpha value is -1.83. The molecular formula is C13H16N2O5S. The zero-order valence-corrected chi connectivity index (χ0v) is 12.6. The first-order valence-corrected chi connectivity index (χ1v) is 7.26. The molecule has 0 N–H and O–H groups in total. The van der Waals surface area contributed by atoms with Crippen molar-refractivity contribution in [1.29, 1.82) is 0 Å². The van der Waals surface area contributed by atoms with Crippen molar-refractivity contribution < 1.29 is 23.9 Å². The minimum absolute atomic E-state index is 0.188. The maximum atomic E-state index is 12.1.